The molecule has 1 aromatic carbocycles. The van der Waals surface area contributed by atoms with Gasteiger partial charge >= 0.3 is 0 Å². The van der Waals surface area contributed by atoms with Gasteiger partial charge in [0.1, 0.15) is 11.6 Å². The maximum absolute atomic E-state index is 12.4. The van der Waals surface area contributed by atoms with Crippen LogP contribution in [-0.4, -0.2) is 25.7 Å². The third-order valence-corrected chi connectivity index (χ3v) is 4.51. The molecule has 8 nitrogen and oxygen atoms in total. The standard InChI is InChI=1S/C22H22N6O2/c1-15-9-16(2)28(27-15)21-14-23-13-20(26-21)24-11-17-5-3-6-18(10-17)22(29)25-12-19-7-4-8-30-19/h3-10,13-14H,11-12H2,1-2H3,(H,24,26)(H,25,29). The summed E-state index contributed by atoms with van der Waals surface area (Å²) in [6.07, 6.45) is 4.92. The topological polar surface area (TPSA) is 97.9 Å². The largest absolute Gasteiger partial charge is 0.467 e. The lowest BCUT2D eigenvalue weighted by Crippen LogP contribution is -2.22. The first kappa shape index (κ1) is 19.4. The number of aromatic nitrogens is 4. The van der Waals surface area contributed by atoms with Crippen LogP contribution in [0.25, 0.3) is 5.82 Å². The Kier molecular flexibility index (Phi) is 5.56. The van der Waals surface area contributed by atoms with Gasteiger partial charge < -0.3 is 15.1 Å². The van der Waals surface area contributed by atoms with Crippen molar-refractivity contribution < 1.29 is 9.21 Å². The van der Waals surface area contributed by atoms with Crippen LogP contribution in [0.1, 0.15) is 33.1 Å². The molecule has 4 rings (SSSR count). The molecule has 0 radical (unpaired) electrons. The number of amides is 1. The van der Waals surface area contributed by atoms with E-state index in [2.05, 4.69) is 25.7 Å². The Morgan fingerprint density at radius 2 is 2.00 bits per heavy atom. The van der Waals surface area contributed by atoms with Gasteiger partial charge in [-0.15, -0.1) is 0 Å². The zero-order valence-electron chi connectivity index (χ0n) is 16.8. The average Bonchev–Trinajstić information content (AvgIpc) is 3.40. The lowest BCUT2D eigenvalue weighted by Gasteiger charge is -2.09. The van der Waals surface area contributed by atoms with Crippen LogP contribution in [0.5, 0.6) is 0 Å². The normalized spacial score (nSPS) is 10.7. The van der Waals surface area contributed by atoms with Gasteiger partial charge in [0, 0.05) is 17.8 Å². The number of benzene rings is 1. The van der Waals surface area contributed by atoms with E-state index in [4.69, 9.17) is 4.42 Å². The summed E-state index contributed by atoms with van der Waals surface area (Å²) in [7, 11) is 0. The molecular weight excluding hydrogens is 380 g/mol. The van der Waals surface area contributed by atoms with Crippen molar-refractivity contribution in [1.29, 1.82) is 0 Å². The highest BCUT2D eigenvalue weighted by Gasteiger charge is 2.09. The molecule has 30 heavy (non-hydrogen) atoms. The van der Waals surface area contributed by atoms with E-state index in [0.717, 1.165) is 17.0 Å². The summed E-state index contributed by atoms with van der Waals surface area (Å²) in [5.74, 6) is 1.84. The highest BCUT2D eigenvalue weighted by Crippen LogP contribution is 2.13. The van der Waals surface area contributed by atoms with Gasteiger partial charge in [-0.25, -0.2) is 9.67 Å². The number of nitrogens with zero attached hydrogens (tertiary/aromatic N) is 4. The van der Waals surface area contributed by atoms with Crippen LogP contribution in [0.15, 0.2) is 65.5 Å². The summed E-state index contributed by atoms with van der Waals surface area (Å²) >= 11 is 0. The number of furan rings is 1. The van der Waals surface area contributed by atoms with E-state index in [9.17, 15) is 4.79 Å². The van der Waals surface area contributed by atoms with Gasteiger partial charge in [-0.2, -0.15) is 5.10 Å². The quantitative estimate of drug-likeness (QED) is 0.492. The Morgan fingerprint density at radius 3 is 2.77 bits per heavy atom. The highest BCUT2D eigenvalue weighted by molar-refractivity contribution is 5.94. The molecule has 0 unspecified atom stereocenters. The molecule has 0 aliphatic heterocycles. The summed E-state index contributed by atoms with van der Waals surface area (Å²) in [4.78, 5) is 21.2. The Bertz CT molecular complexity index is 1150. The fourth-order valence-corrected chi connectivity index (χ4v) is 3.10. The summed E-state index contributed by atoms with van der Waals surface area (Å²) in [6, 6.07) is 13.0. The lowest BCUT2D eigenvalue weighted by molar-refractivity contribution is 0.0948. The van der Waals surface area contributed by atoms with E-state index in [1.165, 1.54) is 0 Å². The smallest absolute Gasteiger partial charge is 0.251 e. The van der Waals surface area contributed by atoms with Gasteiger partial charge in [0.15, 0.2) is 5.82 Å². The zero-order chi connectivity index (χ0) is 20.9. The predicted octanol–water partition coefficient (Wildman–Crippen LogP) is 3.41. The lowest BCUT2D eigenvalue weighted by atomic mass is 10.1. The molecular formula is C22H22N6O2. The van der Waals surface area contributed by atoms with Crippen LogP contribution in [0.2, 0.25) is 0 Å². The number of rotatable bonds is 7. The summed E-state index contributed by atoms with van der Waals surface area (Å²) in [6.45, 7) is 4.78. The van der Waals surface area contributed by atoms with Crippen molar-refractivity contribution in [1.82, 2.24) is 25.1 Å². The number of hydrogen-bond acceptors (Lipinski definition) is 6. The molecule has 0 aliphatic rings. The molecule has 0 spiro atoms. The molecule has 4 aromatic rings. The molecule has 1 amide bonds. The van der Waals surface area contributed by atoms with Crippen LogP contribution in [-0.2, 0) is 13.1 Å². The third-order valence-electron chi connectivity index (χ3n) is 4.51. The molecule has 152 valence electrons. The molecule has 3 aromatic heterocycles. The van der Waals surface area contributed by atoms with Gasteiger partial charge in [-0.05, 0) is 49.7 Å². The second-order valence-corrected chi connectivity index (χ2v) is 6.92. The van der Waals surface area contributed by atoms with E-state index in [1.807, 2.05) is 44.2 Å². The van der Waals surface area contributed by atoms with E-state index in [0.29, 0.717) is 36.0 Å². The molecule has 8 heteroatoms. The van der Waals surface area contributed by atoms with Crippen LogP contribution in [0.4, 0.5) is 5.82 Å². The summed E-state index contributed by atoms with van der Waals surface area (Å²) < 4.78 is 7.00. The van der Waals surface area contributed by atoms with E-state index >= 15 is 0 Å². The maximum atomic E-state index is 12.4. The van der Waals surface area contributed by atoms with Crippen molar-refractivity contribution in [2.24, 2.45) is 0 Å². The van der Waals surface area contributed by atoms with Crippen molar-refractivity contribution in [2.75, 3.05) is 5.32 Å². The first-order chi connectivity index (χ1) is 14.6. The Labute approximate surface area is 174 Å². The van der Waals surface area contributed by atoms with Gasteiger partial charge in [0.05, 0.1) is 30.9 Å². The first-order valence-corrected chi connectivity index (χ1v) is 9.57. The average molecular weight is 402 g/mol. The number of aryl methyl sites for hydroxylation is 2. The highest BCUT2D eigenvalue weighted by atomic mass is 16.3. The van der Waals surface area contributed by atoms with Crippen LogP contribution in [0, 0.1) is 13.8 Å². The first-order valence-electron chi connectivity index (χ1n) is 9.57. The minimum Gasteiger partial charge on any atom is -0.467 e. The number of carbonyl (C=O) groups is 1. The summed E-state index contributed by atoms with van der Waals surface area (Å²) in [5, 5.41) is 10.5. The Hall–Kier alpha value is -3.94. The van der Waals surface area contributed by atoms with Crippen LogP contribution in [0.3, 0.4) is 0 Å². The van der Waals surface area contributed by atoms with E-state index in [1.54, 1.807) is 35.5 Å². The molecule has 0 aliphatic carbocycles. The minimum atomic E-state index is -0.153. The molecule has 0 saturated heterocycles. The fourth-order valence-electron chi connectivity index (χ4n) is 3.10. The van der Waals surface area contributed by atoms with Gasteiger partial charge in [-0.1, -0.05) is 12.1 Å². The monoisotopic (exact) mass is 402 g/mol. The number of nitrogens with one attached hydrogen (secondary N) is 2. The molecule has 0 saturated carbocycles. The van der Waals surface area contributed by atoms with Crippen LogP contribution >= 0.6 is 0 Å². The van der Waals surface area contributed by atoms with Crippen LogP contribution < -0.4 is 10.6 Å². The van der Waals surface area contributed by atoms with Crippen molar-refractivity contribution in [3.8, 4) is 5.82 Å². The number of hydrogen-bond donors (Lipinski definition) is 2. The van der Waals surface area contributed by atoms with Crippen molar-refractivity contribution in [3.05, 3.63) is 89.4 Å². The minimum absolute atomic E-state index is 0.153. The fraction of sp³-hybridized carbons (Fsp3) is 0.182. The zero-order valence-corrected chi connectivity index (χ0v) is 16.8. The molecule has 3 heterocycles. The van der Waals surface area contributed by atoms with Gasteiger partial charge in [0.25, 0.3) is 5.91 Å². The van der Waals surface area contributed by atoms with Crippen molar-refractivity contribution in [2.45, 2.75) is 26.9 Å². The van der Waals surface area contributed by atoms with E-state index in [-0.39, 0.29) is 5.91 Å². The molecule has 0 fully saturated rings. The van der Waals surface area contributed by atoms with Gasteiger partial charge in [-0.3, -0.25) is 9.78 Å². The third kappa shape index (κ3) is 4.54. The van der Waals surface area contributed by atoms with Crippen molar-refractivity contribution in [3.63, 3.8) is 0 Å². The Morgan fingerprint density at radius 1 is 1.10 bits per heavy atom. The SMILES string of the molecule is Cc1cc(C)n(-c2cncc(NCc3cccc(C(=O)NCc4ccco4)c3)n2)n1. The van der Waals surface area contributed by atoms with E-state index < -0.39 is 0 Å². The maximum Gasteiger partial charge on any atom is 0.251 e. The Balaban J connectivity index is 1.40. The molecule has 2 N–H and O–H groups in total. The molecule has 0 atom stereocenters. The second-order valence-electron chi connectivity index (χ2n) is 6.92. The van der Waals surface area contributed by atoms with Crippen molar-refractivity contribution >= 4 is 11.7 Å². The predicted molar refractivity (Wildman–Crippen MR) is 112 cm³/mol. The number of carbonyl (C=O) groups excluding carboxylic acids is 1. The number of anilines is 1. The summed E-state index contributed by atoms with van der Waals surface area (Å²) in [5.41, 5.74) is 3.46. The second kappa shape index (κ2) is 8.60. The molecule has 0 bridgehead atoms. The van der Waals surface area contributed by atoms with Gasteiger partial charge in [0.2, 0.25) is 0 Å².